The highest BCUT2D eigenvalue weighted by Crippen LogP contribution is 2.28. The molecule has 0 aromatic heterocycles. The molecule has 0 spiro atoms. The molecule has 0 aliphatic heterocycles. The van der Waals surface area contributed by atoms with Gasteiger partial charge in [-0.2, -0.15) is 0 Å². The van der Waals surface area contributed by atoms with Crippen molar-refractivity contribution in [1.82, 2.24) is 0 Å². The number of aryl methyl sites for hydroxylation is 1. The van der Waals surface area contributed by atoms with Gasteiger partial charge in [0.1, 0.15) is 0 Å². The van der Waals surface area contributed by atoms with Gasteiger partial charge in [0.2, 0.25) is 0 Å². The molecule has 0 bridgehead atoms. The lowest BCUT2D eigenvalue weighted by molar-refractivity contribution is 0.352. The molecule has 0 amide bonds. The number of hydrogen-bond donors (Lipinski definition) is 2. The van der Waals surface area contributed by atoms with Crippen LogP contribution in [0.1, 0.15) is 44.6 Å². The Kier molecular flexibility index (Phi) is 6.82. The number of hydrogen-bond acceptors (Lipinski definition) is 4. The number of nitrogens with two attached hydrogens (primary N) is 2. The molecule has 0 atom stereocenters. The molecule has 20 heavy (non-hydrogen) atoms. The van der Waals surface area contributed by atoms with Gasteiger partial charge < -0.3 is 20.9 Å². The number of benzene rings is 1. The summed E-state index contributed by atoms with van der Waals surface area (Å²) in [5.41, 5.74) is 12.9. The molecule has 0 heterocycles. The number of unbranched alkanes of at least 4 members (excludes halogenated alkanes) is 2. The van der Waals surface area contributed by atoms with Crippen molar-refractivity contribution >= 4 is 0 Å². The van der Waals surface area contributed by atoms with Crippen LogP contribution in [-0.2, 0) is 6.42 Å². The fourth-order valence-corrected chi connectivity index (χ4v) is 2.24. The van der Waals surface area contributed by atoms with E-state index in [0.29, 0.717) is 0 Å². The zero-order valence-corrected chi connectivity index (χ0v) is 12.9. The Morgan fingerprint density at radius 1 is 1.00 bits per heavy atom. The molecule has 0 saturated heterocycles. The van der Waals surface area contributed by atoms with Crippen molar-refractivity contribution in [1.29, 1.82) is 0 Å². The van der Waals surface area contributed by atoms with E-state index in [1.54, 1.807) is 14.2 Å². The second-order valence-electron chi connectivity index (χ2n) is 5.38. The van der Waals surface area contributed by atoms with E-state index in [2.05, 4.69) is 6.92 Å². The van der Waals surface area contributed by atoms with E-state index < -0.39 is 5.66 Å². The third kappa shape index (κ3) is 5.39. The summed E-state index contributed by atoms with van der Waals surface area (Å²) in [5, 5.41) is 0. The summed E-state index contributed by atoms with van der Waals surface area (Å²) < 4.78 is 10.5. The number of rotatable bonds is 9. The van der Waals surface area contributed by atoms with Gasteiger partial charge in [0.25, 0.3) is 0 Å². The molecule has 1 aromatic rings. The lowest BCUT2D eigenvalue weighted by atomic mass is 9.95. The van der Waals surface area contributed by atoms with Gasteiger partial charge in [-0.25, -0.2) is 0 Å². The standard InChI is InChI=1S/C16H28N2O2/c1-4-5-6-10-16(17,18)11-9-13-7-8-14(19-2)15(12-13)20-3/h7-8,12H,4-6,9-11,17-18H2,1-3H3. The second-order valence-corrected chi connectivity index (χ2v) is 5.38. The predicted molar refractivity (Wildman–Crippen MR) is 83.1 cm³/mol. The molecule has 4 heteroatoms. The lowest BCUT2D eigenvalue weighted by Crippen LogP contribution is -2.49. The minimum Gasteiger partial charge on any atom is -0.493 e. The maximum Gasteiger partial charge on any atom is 0.160 e. The first kappa shape index (κ1) is 16.8. The first-order chi connectivity index (χ1) is 9.52. The van der Waals surface area contributed by atoms with Gasteiger partial charge in [-0.3, -0.25) is 0 Å². The monoisotopic (exact) mass is 280 g/mol. The van der Waals surface area contributed by atoms with Crippen molar-refractivity contribution in [3.8, 4) is 11.5 Å². The maximum atomic E-state index is 6.15. The minimum absolute atomic E-state index is 0.581. The summed E-state index contributed by atoms with van der Waals surface area (Å²) in [6.07, 6.45) is 5.95. The fourth-order valence-electron chi connectivity index (χ4n) is 2.24. The topological polar surface area (TPSA) is 70.5 Å². The quantitative estimate of drug-likeness (QED) is 0.539. The SMILES string of the molecule is CCCCCC(N)(N)CCc1ccc(OC)c(OC)c1. The van der Waals surface area contributed by atoms with Gasteiger partial charge in [-0.1, -0.05) is 32.3 Å². The second kappa shape index (κ2) is 8.12. The van der Waals surface area contributed by atoms with E-state index in [4.69, 9.17) is 20.9 Å². The van der Waals surface area contributed by atoms with Crippen molar-refractivity contribution in [2.45, 2.75) is 51.1 Å². The molecule has 0 aliphatic carbocycles. The summed E-state index contributed by atoms with van der Waals surface area (Å²) in [5.74, 6) is 1.49. The highest BCUT2D eigenvalue weighted by Gasteiger charge is 2.18. The van der Waals surface area contributed by atoms with Crippen LogP contribution in [0.25, 0.3) is 0 Å². The molecule has 4 nitrogen and oxygen atoms in total. The van der Waals surface area contributed by atoms with Gasteiger partial charge in [0, 0.05) is 0 Å². The number of methoxy groups -OCH3 is 2. The molecule has 0 unspecified atom stereocenters. The van der Waals surface area contributed by atoms with Crippen LogP contribution in [0.15, 0.2) is 18.2 Å². The van der Waals surface area contributed by atoms with Crippen LogP contribution < -0.4 is 20.9 Å². The Morgan fingerprint density at radius 2 is 1.70 bits per heavy atom. The summed E-state index contributed by atoms with van der Waals surface area (Å²) in [6.45, 7) is 2.18. The molecule has 114 valence electrons. The van der Waals surface area contributed by atoms with Crippen molar-refractivity contribution in [3.63, 3.8) is 0 Å². The van der Waals surface area contributed by atoms with E-state index >= 15 is 0 Å². The van der Waals surface area contributed by atoms with Gasteiger partial charge >= 0.3 is 0 Å². The van der Waals surface area contributed by atoms with E-state index in [1.807, 2.05) is 18.2 Å². The van der Waals surface area contributed by atoms with Crippen molar-refractivity contribution in [2.75, 3.05) is 14.2 Å². The normalized spacial score (nSPS) is 11.4. The van der Waals surface area contributed by atoms with Crippen molar-refractivity contribution < 1.29 is 9.47 Å². The van der Waals surface area contributed by atoms with E-state index in [1.165, 1.54) is 18.4 Å². The molecule has 0 aliphatic rings. The average Bonchev–Trinajstić information content (AvgIpc) is 2.45. The molecule has 1 rings (SSSR count). The van der Waals surface area contributed by atoms with Crippen LogP contribution in [-0.4, -0.2) is 19.9 Å². The number of ether oxygens (including phenoxy) is 2. The summed E-state index contributed by atoms with van der Waals surface area (Å²) in [7, 11) is 3.28. The third-order valence-corrected chi connectivity index (χ3v) is 3.57. The molecule has 0 radical (unpaired) electrons. The fraction of sp³-hybridized carbons (Fsp3) is 0.625. The van der Waals surface area contributed by atoms with E-state index in [0.717, 1.165) is 37.2 Å². The van der Waals surface area contributed by atoms with Crippen LogP contribution in [0, 0.1) is 0 Å². The summed E-state index contributed by atoms with van der Waals surface area (Å²) in [4.78, 5) is 0. The van der Waals surface area contributed by atoms with Crippen LogP contribution in [0.4, 0.5) is 0 Å². The molecular formula is C16H28N2O2. The minimum atomic E-state index is -0.581. The molecule has 1 aromatic carbocycles. The van der Waals surface area contributed by atoms with E-state index in [9.17, 15) is 0 Å². The van der Waals surface area contributed by atoms with Crippen molar-refractivity contribution in [2.24, 2.45) is 11.5 Å². The largest absolute Gasteiger partial charge is 0.493 e. The average molecular weight is 280 g/mol. The highest BCUT2D eigenvalue weighted by molar-refractivity contribution is 5.42. The smallest absolute Gasteiger partial charge is 0.160 e. The Balaban J connectivity index is 2.56. The first-order valence-corrected chi connectivity index (χ1v) is 7.31. The first-order valence-electron chi connectivity index (χ1n) is 7.31. The van der Waals surface area contributed by atoms with Gasteiger partial charge in [-0.15, -0.1) is 0 Å². The molecule has 0 fully saturated rings. The Hall–Kier alpha value is -1.26. The lowest BCUT2D eigenvalue weighted by Gasteiger charge is -2.24. The van der Waals surface area contributed by atoms with E-state index in [-0.39, 0.29) is 0 Å². The Morgan fingerprint density at radius 3 is 2.30 bits per heavy atom. The van der Waals surface area contributed by atoms with Crippen LogP contribution in [0.5, 0.6) is 11.5 Å². The highest BCUT2D eigenvalue weighted by atomic mass is 16.5. The van der Waals surface area contributed by atoms with Crippen LogP contribution >= 0.6 is 0 Å². The van der Waals surface area contributed by atoms with Crippen LogP contribution in [0.2, 0.25) is 0 Å². The third-order valence-electron chi connectivity index (χ3n) is 3.57. The van der Waals surface area contributed by atoms with Gasteiger partial charge in [0.15, 0.2) is 11.5 Å². The van der Waals surface area contributed by atoms with Crippen molar-refractivity contribution in [3.05, 3.63) is 23.8 Å². The summed E-state index contributed by atoms with van der Waals surface area (Å²) in [6, 6.07) is 5.93. The molecule has 0 saturated carbocycles. The Bertz CT molecular complexity index is 405. The predicted octanol–water partition coefficient (Wildman–Crippen LogP) is 2.83. The molecule has 4 N–H and O–H groups in total. The maximum absolute atomic E-state index is 6.15. The summed E-state index contributed by atoms with van der Waals surface area (Å²) >= 11 is 0. The zero-order valence-electron chi connectivity index (χ0n) is 12.9. The molecular weight excluding hydrogens is 252 g/mol. The van der Waals surface area contributed by atoms with Gasteiger partial charge in [0.05, 0.1) is 19.9 Å². The van der Waals surface area contributed by atoms with Crippen LogP contribution in [0.3, 0.4) is 0 Å². The zero-order chi connectivity index (χ0) is 15.0. The van der Waals surface area contributed by atoms with Gasteiger partial charge in [-0.05, 0) is 37.0 Å². The Labute approximate surface area is 122 Å².